The van der Waals surface area contributed by atoms with E-state index in [-0.39, 0.29) is 18.6 Å². The standard InChI is InChI=1S/C14H19NO2/c1-3-11(2)14(17)15-13(9-10-16)12-7-5-4-6-8-12/h3-8,13,16H,9-10H2,1-2H3,(H,15,17)/b11-3-. The summed E-state index contributed by atoms with van der Waals surface area (Å²) in [6, 6.07) is 9.54. The molecular formula is C14H19NO2. The molecule has 3 heteroatoms. The fourth-order valence-electron chi connectivity index (χ4n) is 1.54. The zero-order chi connectivity index (χ0) is 12.7. The van der Waals surface area contributed by atoms with Crippen LogP contribution in [0.25, 0.3) is 0 Å². The Balaban J connectivity index is 2.77. The van der Waals surface area contributed by atoms with E-state index in [1.807, 2.05) is 37.3 Å². The van der Waals surface area contributed by atoms with Crippen LogP contribution in [0.15, 0.2) is 42.0 Å². The average molecular weight is 233 g/mol. The Bertz CT molecular complexity index is 384. The first-order valence-electron chi connectivity index (χ1n) is 5.78. The van der Waals surface area contributed by atoms with Crippen molar-refractivity contribution in [3.05, 3.63) is 47.5 Å². The second-order valence-electron chi connectivity index (χ2n) is 3.92. The number of nitrogens with one attached hydrogen (secondary N) is 1. The van der Waals surface area contributed by atoms with Gasteiger partial charge in [0.25, 0.3) is 0 Å². The number of aliphatic hydroxyl groups excluding tert-OH is 1. The summed E-state index contributed by atoms with van der Waals surface area (Å²) in [6.07, 6.45) is 2.29. The van der Waals surface area contributed by atoms with E-state index >= 15 is 0 Å². The number of carbonyl (C=O) groups is 1. The molecule has 0 fully saturated rings. The van der Waals surface area contributed by atoms with Gasteiger partial charge in [-0.3, -0.25) is 4.79 Å². The summed E-state index contributed by atoms with van der Waals surface area (Å²) >= 11 is 0. The fraction of sp³-hybridized carbons (Fsp3) is 0.357. The van der Waals surface area contributed by atoms with Crippen LogP contribution in [0.4, 0.5) is 0 Å². The summed E-state index contributed by atoms with van der Waals surface area (Å²) in [5, 5.41) is 12.0. The minimum Gasteiger partial charge on any atom is -0.396 e. The molecule has 0 aliphatic rings. The maximum atomic E-state index is 11.8. The van der Waals surface area contributed by atoms with Crippen LogP contribution in [0, 0.1) is 0 Å². The van der Waals surface area contributed by atoms with E-state index in [9.17, 15) is 4.79 Å². The molecule has 0 saturated heterocycles. The molecule has 1 amide bonds. The molecule has 0 aliphatic heterocycles. The van der Waals surface area contributed by atoms with Crippen molar-refractivity contribution in [2.45, 2.75) is 26.3 Å². The van der Waals surface area contributed by atoms with Crippen LogP contribution in [0.2, 0.25) is 0 Å². The van der Waals surface area contributed by atoms with Crippen molar-refractivity contribution in [3.63, 3.8) is 0 Å². The molecule has 17 heavy (non-hydrogen) atoms. The molecule has 1 unspecified atom stereocenters. The Morgan fingerprint density at radius 1 is 1.41 bits per heavy atom. The zero-order valence-corrected chi connectivity index (χ0v) is 10.3. The quantitative estimate of drug-likeness (QED) is 0.766. The Morgan fingerprint density at radius 2 is 2.06 bits per heavy atom. The molecule has 0 radical (unpaired) electrons. The number of hydrogen-bond acceptors (Lipinski definition) is 2. The Morgan fingerprint density at radius 3 is 2.59 bits per heavy atom. The summed E-state index contributed by atoms with van der Waals surface area (Å²) in [6.45, 7) is 3.66. The fourth-order valence-corrected chi connectivity index (χ4v) is 1.54. The lowest BCUT2D eigenvalue weighted by Crippen LogP contribution is -2.29. The number of amides is 1. The summed E-state index contributed by atoms with van der Waals surface area (Å²) in [7, 11) is 0. The van der Waals surface area contributed by atoms with E-state index in [1.54, 1.807) is 13.0 Å². The molecule has 0 bridgehead atoms. The van der Waals surface area contributed by atoms with Crippen LogP contribution in [-0.2, 0) is 4.79 Å². The number of benzene rings is 1. The third kappa shape index (κ3) is 4.04. The highest BCUT2D eigenvalue weighted by molar-refractivity contribution is 5.92. The van der Waals surface area contributed by atoms with Gasteiger partial charge in [0.15, 0.2) is 0 Å². The second-order valence-corrected chi connectivity index (χ2v) is 3.92. The summed E-state index contributed by atoms with van der Waals surface area (Å²) in [4.78, 5) is 11.8. The first-order valence-corrected chi connectivity index (χ1v) is 5.78. The number of hydrogen-bond donors (Lipinski definition) is 2. The predicted molar refractivity (Wildman–Crippen MR) is 68.5 cm³/mol. The highest BCUT2D eigenvalue weighted by atomic mass is 16.3. The number of allylic oxidation sites excluding steroid dienone is 1. The van der Waals surface area contributed by atoms with Gasteiger partial charge in [0.2, 0.25) is 5.91 Å². The molecule has 0 heterocycles. The summed E-state index contributed by atoms with van der Waals surface area (Å²) < 4.78 is 0. The SMILES string of the molecule is C/C=C(/C)C(=O)NC(CCO)c1ccccc1. The molecule has 92 valence electrons. The normalized spacial score (nSPS) is 13.2. The highest BCUT2D eigenvalue weighted by Gasteiger charge is 2.14. The van der Waals surface area contributed by atoms with Crippen LogP contribution in [0.5, 0.6) is 0 Å². The van der Waals surface area contributed by atoms with Crippen LogP contribution in [0.1, 0.15) is 31.9 Å². The first-order chi connectivity index (χ1) is 8.19. The van der Waals surface area contributed by atoms with Crippen LogP contribution in [0.3, 0.4) is 0 Å². The maximum absolute atomic E-state index is 11.8. The van der Waals surface area contributed by atoms with Crippen molar-refractivity contribution < 1.29 is 9.90 Å². The van der Waals surface area contributed by atoms with Crippen LogP contribution in [-0.4, -0.2) is 17.6 Å². The van der Waals surface area contributed by atoms with Gasteiger partial charge in [0.1, 0.15) is 0 Å². The van der Waals surface area contributed by atoms with Gasteiger partial charge in [-0.1, -0.05) is 36.4 Å². The summed E-state index contributed by atoms with van der Waals surface area (Å²) in [5.41, 5.74) is 1.70. The predicted octanol–water partition coefficient (Wildman–Crippen LogP) is 2.19. The second kappa shape index (κ2) is 6.86. The van der Waals surface area contributed by atoms with Crippen molar-refractivity contribution >= 4 is 5.91 Å². The van der Waals surface area contributed by atoms with E-state index in [0.29, 0.717) is 12.0 Å². The zero-order valence-electron chi connectivity index (χ0n) is 10.3. The number of carbonyl (C=O) groups excluding carboxylic acids is 1. The minimum absolute atomic E-state index is 0.0503. The van der Waals surface area contributed by atoms with Gasteiger partial charge in [-0.2, -0.15) is 0 Å². The lowest BCUT2D eigenvalue weighted by atomic mass is 10.0. The molecule has 1 aromatic rings. The molecule has 0 spiro atoms. The number of aliphatic hydroxyl groups is 1. The van der Waals surface area contributed by atoms with Gasteiger partial charge in [-0.25, -0.2) is 0 Å². The minimum atomic E-state index is -0.136. The number of rotatable bonds is 5. The molecule has 1 rings (SSSR count). The topological polar surface area (TPSA) is 49.3 Å². The summed E-state index contributed by atoms with van der Waals surface area (Å²) in [5.74, 6) is -0.0881. The molecule has 1 aromatic carbocycles. The maximum Gasteiger partial charge on any atom is 0.247 e. The Labute approximate surface area is 102 Å². The van der Waals surface area contributed by atoms with Crippen molar-refractivity contribution in [1.29, 1.82) is 0 Å². The molecule has 1 atom stereocenters. The average Bonchev–Trinajstić information content (AvgIpc) is 2.38. The highest BCUT2D eigenvalue weighted by Crippen LogP contribution is 2.16. The largest absolute Gasteiger partial charge is 0.396 e. The van der Waals surface area contributed by atoms with Gasteiger partial charge >= 0.3 is 0 Å². The first kappa shape index (κ1) is 13.5. The molecule has 0 aliphatic carbocycles. The van der Waals surface area contributed by atoms with Crippen molar-refractivity contribution in [1.82, 2.24) is 5.32 Å². The van der Waals surface area contributed by atoms with Crippen LogP contribution < -0.4 is 5.32 Å². The van der Waals surface area contributed by atoms with Gasteiger partial charge in [0.05, 0.1) is 6.04 Å². The van der Waals surface area contributed by atoms with E-state index < -0.39 is 0 Å². The molecule has 0 saturated carbocycles. The van der Waals surface area contributed by atoms with E-state index in [1.165, 1.54) is 0 Å². The molecule has 2 N–H and O–H groups in total. The van der Waals surface area contributed by atoms with Gasteiger partial charge in [0, 0.05) is 12.2 Å². The van der Waals surface area contributed by atoms with E-state index in [0.717, 1.165) is 5.56 Å². The lowest BCUT2D eigenvalue weighted by molar-refractivity contribution is -0.118. The third-order valence-electron chi connectivity index (χ3n) is 2.72. The lowest BCUT2D eigenvalue weighted by Gasteiger charge is -2.18. The Hall–Kier alpha value is -1.61. The van der Waals surface area contributed by atoms with Gasteiger partial charge < -0.3 is 10.4 Å². The molecular weight excluding hydrogens is 214 g/mol. The third-order valence-corrected chi connectivity index (χ3v) is 2.72. The van der Waals surface area contributed by atoms with E-state index in [2.05, 4.69) is 5.32 Å². The van der Waals surface area contributed by atoms with Crippen molar-refractivity contribution in [2.24, 2.45) is 0 Å². The Kier molecular flexibility index (Phi) is 5.43. The van der Waals surface area contributed by atoms with Gasteiger partial charge in [-0.15, -0.1) is 0 Å². The van der Waals surface area contributed by atoms with Crippen molar-refractivity contribution in [3.8, 4) is 0 Å². The van der Waals surface area contributed by atoms with Gasteiger partial charge in [-0.05, 0) is 25.8 Å². The molecule has 0 aromatic heterocycles. The van der Waals surface area contributed by atoms with Crippen LogP contribution >= 0.6 is 0 Å². The van der Waals surface area contributed by atoms with Crippen molar-refractivity contribution in [2.75, 3.05) is 6.61 Å². The van der Waals surface area contributed by atoms with E-state index in [4.69, 9.17) is 5.11 Å². The smallest absolute Gasteiger partial charge is 0.247 e. The monoisotopic (exact) mass is 233 g/mol. The molecule has 3 nitrogen and oxygen atoms in total.